The molecule has 0 aliphatic carbocycles. The van der Waals surface area contributed by atoms with E-state index in [1.54, 1.807) is 25.1 Å². The Morgan fingerprint density at radius 3 is 2.76 bits per heavy atom. The van der Waals surface area contributed by atoms with Crippen molar-refractivity contribution in [2.45, 2.75) is 17.0 Å². The van der Waals surface area contributed by atoms with E-state index in [-0.39, 0.29) is 16.6 Å². The van der Waals surface area contributed by atoms with Crippen molar-refractivity contribution in [1.29, 1.82) is 0 Å². The first-order valence-corrected chi connectivity index (χ1v) is 9.78. The van der Waals surface area contributed by atoms with Crippen molar-refractivity contribution in [3.63, 3.8) is 0 Å². The van der Waals surface area contributed by atoms with Gasteiger partial charge in [0.25, 0.3) is 5.22 Å². The van der Waals surface area contributed by atoms with Crippen LogP contribution < -0.4 is 10.5 Å². The van der Waals surface area contributed by atoms with Crippen molar-refractivity contribution in [3.05, 3.63) is 48.0 Å². The Morgan fingerprint density at radius 1 is 1.28 bits per heavy atom. The molecule has 7 nitrogen and oxygen atoms in total. The van der Waals surface area contributed by atoms with E-state index in [2.05, 4.69) is 10.3 Å². The van der Waals surface area contributed by atoms with Gasteiger partial charge in [0.1, 0.15) is 5.52 Å². The molecule has 9 heteroatoms. The molecule has 1 amide bonds. The molecule has 0 unspecified atom stereocenters. The number of nitrogens with zero attached hydrogens (tertiary/aromatic N) is 1. The largest absolute Gasteiger partial charge is 0.431 e. The number of hydrogen-bond acceptors (Lipinski definition) is 6. The molecule has 1 aromatic heterocycles. The van der Waals surface area contributed by atoms with Crippen LogP contribution in [0.5, 0.6) is 0 Å². The lowest BCUT2D eigenvalue weighted by Crippen LogP contribution is -2.17. The second-order valence-corrected chi connectivity index (χ2v) is 7.77. The van der Waals surface area contributed by atoms with E-state index in [9.17, 15) is 13.2 Å². The van der Waals surface area contributed by atoms with Gasteiger partial charge < -0.3 is 9.73 Å². The van der Waals surface area contributed by atoms with Crippen molar-refractivity contribution >= 4 is 44.5 Å². The minimum Gasteiger partial charge on any atom is -0.431 e. The normalized spacial score (nSPS) is 11.6. The third kappa shape index (κ3) is 4.19. The van der Waals surface area contributed by atoms with Crippen LogP contribution in [-0.4, -0.2) is 25.1 Å². The number of sulfonamides is 1. The third-order valence-electron chi connectivity index (χ3n) is 3.38. The number of primary sulfonamides is 1. The van der Waals surface area contributed by atoms with E-state index in [0.29, 0.717) is 22.1 Å². The van der Waals surface area contributed by atoms with Crippen LogP contribution in [0.15, 0.2) is 57.0 Å². The van der Waals surface area contributed by atoms with Crippen LogP contribution in [0.25, 0.3) is 11.1 Å². The Bertz CT molecular complexity index is 1010. The van der Waals surface area contributed by atoms with Gasteiger partial charge in [-0.05, 0) is 36.8 Å². The molecule has 0 atom stereocenters. The molecule has 0 fully saturated rings. The summed E-state index contributed by atoms with van der Waals surface area (Å²) in [4.78, 5) is 16.3. The maximum atomic E-state index is 12.1. The molecule has 3 N–H and O–H groups in total. The second kappa shape index (κ2) is 6.87. The van der Waals surface area contributed by atoms with Crippen LogP contribution in [0.1, 0.15) is 5.56 Å². The summed E-state index contributed by atoms with van der Waals surface area (Å²) in [6.07, 6.45) is 0. The number of oxazole rings is 1. The molecule has 0 spiro atoms. The molecule has 0 saturated heterocycles. The highest BCUT2D eigenvalue weighted by molar-refractivity contribution is 7.99. The molecule has 0 aliphatic rings. The minimum atomic E-state index is -3.84. The van der Waals surface area contributed by atoms with Gasteiger partial charge in [-0.1, -0.05) is 30.0 Å². The van der Waals surface area contributed by atoms with Gasteiger partial charge in [0.2, 0.25) is 15.9 Å². The summed E-state index contributed by atoms with van der Waals surface area (Å²) in [7, 11) is -3.84. The lowest BCUT2D eigenvalue weighted by atomic mass is 10.2. The van der Waals surface area contributed by atoms with Crippen LogP contribution in [0, 0.1) is 6.92 Å². The summed E-state index contributed by atoms with van der Waals surface area (Å²) in [5, 5.41) is 8.19. The van der Waals surface area contributed by atoms with Gasteiger partial charge in [0.05, 0.1) is 10.6 Å². The molecule has 0 aliphatic heterocycles. The number of nitrogens with one attached hydrogen (secondary N) is 1. The van der Waals surface area contributed by atoms with Gasteiger partial charge >= 0.3 is 0 Å². The number of para-hydroxylation sites is 2. The van der Waals surface area contributed by atoms with E-state index in [1.165, 1.54) is 6.07 Å². The minimum absolute atomic E-state index is 0.0168. The predicted molar refractivity (Wildman–Crippen MR) is 95.9 cm³/mol. The first-order chi connectivity index (χ1) is 11.8. The molecule has 3 rings (SSSR count). The number of carbonyl (C=O) groups is 1. The Hall–Kier alpha value is -2.36. The van der Waals surface area contributed by atoms with Gasteiger partial charge in [-0.3, -0.25) is 4.79 Å². The topological polar surface area (TPSA) is 115 Å². The number of nitrogens with two attached hydrogens (primary N) is 1. The lowest BCUT2D eigenvalue weighted by Gasteiger charge is -2.08. The van der Waals surface area contributed by atoms with Crippen molar-refractivity contribution < 1.29 is 17.6 Å². The molecule has 0 radical (unpaired) electrons. The van der Waals surface area contributed by atoms with Crippen LogP contribution in [-0.2, 0) is 14.8 Å². The van der Waals surface area contributed by atoms with E-state index in [0.717, 1.165) is 17.3 Å². The number of amides is 1. The maximum Gasteiger partial charge on any atom is 0.257 e. The monoisotopic (exact) mass is 377 g/mol. The fraction of sp³-hybridized carbons (Fsp3) is 0.125. The highest BCUT2D eigenvalue weighted by atomic mass is 32.2. The summed E-state index contributed by atoms with van der Waals surface area (Å²) in [6.45, 7) is 1.63. The molecular weight excluding hydrogens is 362 g/mol. The fourth-order valence-corrected chi connectivity index (χ4v) is 3.67. The molecule has 0 bridgehead atoms. The van der Waals surface area contributed by atoms with E-state index >= 15 is 0 Å². The van der Waals surface area contributed by atoms with E-state index in [4.69, 9.17) is 9.56 Å². The number of hydrogen-bond donors (Lipinski definition) is 2. The Morgan fingerprint density at radius 2 is 2.04 bits per heavy atom. The molecule has 130 valence electrons. The SMILES string of the molecule is Cc1ccc(NC(=O)CSc2nc3ccccc3o2)cc1S(N)(=O)=O. The molecule has 1 heterocycles. The first-order valence-electron chi connectivity index (χ1n) is 7.24. The second-order valence-electron chi connectivity index (χ2n) is 5.31. The lowest BCUT2D eigenvalue weighted by molar-refractivity contribution is -0.113. The number of thioether (sulfide) groups is 1. The van der Waals surface area contributed by atoms with Crippen LogP contribution in [0.4, 0.5) is 5.69 Å². The summed E-state index contributed by atoms with van der Waals surface area (Å²) >= 11 is 1.15. The summed E-state index contributed by atoms with van der Waals surface area (Å²) in [5.41, 5.74) is 2.25. The zero-order valence-electron chi connectivity index (χ0n) is 13.2. The van der Waals surface area contributed by atoms with Gasteiger partial charge in [-0.25, -0.2) is 18.5 Å². The molecular formula is C16H15N3O4S2. The van der Waals surface area contributed by atoms with Crippen molar-refractivity contribution in [2.75, 3.05) is 11.1 Å². The zero-order chi connectivity index (χ0) is 18.0. The quantitative estimate of drug-likeness (QED) is 0.660. The van der Waals surface area contributed by atoms with Crippen LogP contribution in [0.3, 0.4) is 0 Å². The summed E-state index contributed by atoms with van der Waals surface area (Å²) in [6, 6.07) is 11.9. The average Bonchev–Trinajstić information content (AvgIpc) is 2.96. The molecule has 0 saturated carbocycles. The number of anilines is 1. The summed E-state index contributed by atoms with van der Waals surface area (Å²) in [5.74, 6) is -0.234. The first kappa shape index (κ1) is 17.5. The van der Waals surface area contributed by atoms with Crippen molar-refractivity contribution in [2.24, 2.45) is 5.14 Å². The number of benzene rings is 2. The number of fused-ring (bicyclic) bond motifs is 1. The smallest absolute Gasteiger partial charge is 0.257 e. The van der Waals surface area contributed by atoms with Crippen molar-refractivity contribution in [3.8, 4) is 0 Å². The zero-order valence-corrected chi connectivity index (χ0v) is 14.9. The van der Waals surface area contributed by atoms with Gasteiger partial charge in [0.15, 0.2) is 5.58 Å². The van der Waals surface area contributed by atoms with Gasteiger partial charge in [-0.2, -0.15) is 0 Å². The van der Waals surface area contributed by atoms with Gasteiger partial charge in [-0.15, -0.1) is 0 Å². The Kier molecular flexibility index (Phi) is 4.80. The number of aromatic nitrogens is 1. The van der Waals surface area contributed by atoms with Gasteiger partial charge in [0, 0.05) is 5.69 Å². The van der Waals surface area contributed by atoms with Crippen LogP contribution >= 0.6 is 11.8 Å². The van der Waals surface area contributed by atoms with Crippen molar-refractivity contribution in [1.82, 2.24) is 4.98 Å². The molecule has 25 heavy (non-hydrogen) atoms. The highest BCUT2D eigenvalue weighted by Crippen LogP contribution is 2.24. The Labute approximate surface area is 148 Å². The predicted octanol–water partition coefficient (Wildman–Crippen LogP) is 2.51. The number of rotatable bonds is 5. The average molecular weight is 377 g/mol. The van der Waals surface area contributed by atoms with E-state index in [1.807, 2.05) is 18.2 Å². The molecule has 2 aromatic carbocycles. The Balaban J connectivity index is 1.66. The fourth-order valence-electron chi connectivity index (χ4n) is 2.22. The maximum absolute atomic E-state index is 12.1. The standard InChI is InChI=1S/C16H15N3O4S2/c1-10-6-7-11(8-14(10)25(17,21)22)18-15(20)9-24-16-19-12-4-2-3-5-13(12)23-16/h2-8H,9H2,1H3,(H,18,20)(H2,17,21,22). The number of aryl methyl sites for hydroxylation is 1. The van der Waals surface area contributed by atoms with E-state index < -0.39 is 10.0 Å². The number of carbonyl (C=O) groups excluding carboxylic acids is 1. The third-order valence-corrected chi connectivity index (χ3v) is 5.26. The summed E-state index contributed by atoms with van der Waals surface area (Å²) < 4.78 is 28.6. The highest BCUT2D eigenvalue weighted by Gasteiger charge is 2.14. The molecule has 3 aromatic rings. The van der Waals surface area contributed by atoms with Crippen LogP contribution in [0.2, 0.25) is 0 Å².